The zero-order chi connectivity index (χ0) is 27.8. The summed E-state index contributed by atoms with van der Waals surface area (Å²) in [6.07, 6.45) is 13.4. The predicted molar refractivity (Wildman–Crippen MR) is 159 cm³/mol. The van der Waals surface area contributed by atoms with Gasteiger partial charge in [-0.25, -0.2) is 0 Å². The molecule has 0 saturated heterocycles. The number of nitrogens with zero attached hydrogens (tertiary/aromatic N) is 1. The number of carbonyl (C=O) groups is 1. The first-order valence-corrected chi connectivity index (χ1v) is 16.1. The van der Waals surface area contributed by atoms with Crippen LogP contribution in [0.5, 0.6) is 5.75 Å². The number of benzene rings is 1. The third kappa shape index (κ3) is 5.25. The lowest BCUT2D eigenvalue weighted by Gasteiger charge is -2.55. The quantitative estimate of drug-likeness (QED) is 0.308. The van der Waals surface area contributed by atoms with Crippen LogP contribution in [0, 0.1) is 23.2 Å². The molecule has 39 heavy (non-hydrogen) atoms. The maximum absolute atomic E-state index is 12.1. The van der Waals surface area contributed by atoms with Crippen LogP contribution < -0.4 is 4.74 Å². The number of rotatable bonds is 10. The predicted octanol–water partition coefficient (Wildman–Crippen LogP) is 8.04. The first-order chi connectivity index (χ1) is 18.7. The zero-order valence-electron chi connectivity index (χ0n) is 25.3. The Labute approximate surface area is 237 Å². The van der Waals surface area contributed by atoms with Gasteiger partial charge < -0.3 is 9.84 Å². The normalized spacial score (nSPS) is 33.2. The van der Waals surface area contributed by atoms with Crippen molar-refractivity contribution in [3.8, 4) is 5.75 Å². The summed E-state index contributed by atoms with van der Waals surface area (Å²) >= 11 is 0. The molecule has 0 spiro atoms. The van der Waals surface area contributed by atoms with E-state index >= 15 is 0 Å². The van der Waals surface area contributed by atoms with Crippen LogP contribution in [-0.2, 0) is 4.79 Å². The molecule has 2 fully saturated rings. The SMILES string of the molecule is CCC(CC)N(C)C(CC)c1cccc(OCC[C@]23CCC4C5=C(CCC4C2CC[C@]3(C)O)CC(=O)CC5)c1. The van der Waals surface area contributed by atoms with Crippen LogP contribution >= 0.6 is 0 Å². The van der Waals surface area contributed by atoms with Crippen LogP contribution in [0.25, 0.3) is 0 Å². The van der Waals surface area contributed by atoms with Gasteiger partial charge in [-0.3, -0.25) is 9.69 Å². The number of Topliss-reactive ketones (excluding diaryl/α,β-unsaturated/α-hetero) is 1. The van der Waals surface area contributed by atoms with Crippen molar-refractivity contribution in [3.63, 3.8) is 0 Å². The number of carbonyl (C=O) groups excluding carboxylic acids is 1. The van der Waals surface area contributed by atoms with Crippen molar-refractivity contribution in [2.24, 2.45) is 23.2 Å². The van der Waals surface area contributed by atoms with E-state index in [9.17, 15) is 9.90 Å². The van der Waals surface area contributed by atoms with E-state index in [1.165, 1.54) is 36.8 Å². The Morgan fingerprint density at radius 2 is 1.85 bits per heavy atom. The van der Waals surface area contributed by atoms with Gasteiger partial charge in [-0.1, -0.05) is 44.1 Å². The number of hydrogen-bond acceptors (Lipinski definition) is 4. The average Bonchev–Trinajstić information content (AvgIpc) is 3.20. The van der Waals surface area contributed by atoms with Gasteiger partial charge in [0.15, 0.2) is 0 Å². The third-order valence-corrected chi connectivity index (χ3v) is 11.9. The fourth-order valence-corrected chi connectivity index (χ4v) is 9.73. The second-order valence-electron chi connectivity index (χ2n) is 13.5. The fourth-order valence-electron chi connectivity index (χ4n) is 9.73. The Bertz CT molecular complexity index is 1060. The molecule has 0 heterocycles. The number of ketones is 1. The van der Waals surface area contributed by atoms with Gasteiger partial charge in [0.05, 0.1) is 12.2 Å². The largest absolute Gasteiger partial charge is 0.494 e. The average molecular weight is 536 g/mol. The summed E-state index contributed by atoms with van der Waals surface area (Å²) < 4.78 is 6.49. The van der Waals surface area contributed by atoms with Gasteiger partial charge in [0, 0.05) is 30.3 Å². The Kier molecular flexibility index (Phi) is 8.65. The number of ether oxygens (including phenoxy) is 1. The summed E-state index contributed by atoms with van der Waals surface area (Å²) in [5.41, 5.74) is 3.77. The molecular formula is C35H53NO3. The van der Waals surface area contributed by atoms with E-state index in [0.717, 1.165) is 57.1 Å². The van der Waals surface area contributed by atoms with Crippen LogP contribution in [0.15, 0.2) is 35.4 Å². The van der Waals surface area contributed by atoms with Crippen molar-refractivity contribution < 1.29 is 14.6 Å². The number of allylic oxidation sites excluding steroid dienone is 2. The molecule has 0 bridgehead atoms. The first-order valence-electron chi connectivity index (χ1n) is 16.1. The maximum atomic E-state index is 12.1. The third-order valence-electron chi connectivity index (χ3n) is 11.9. The standard InChI is InChI=1S/C35H53NO3/c1-6-26(7-2)36(5)33(8-3)25-10-9-11-28(23-25)39-21-20-35-19-16-30-29-15-13-27(37)22-24(29)12-14-31(30)32(35)17-18-34(35,4)38/h9-11,23,26,30-33,38H,6-8,12-22H2,1-5H3/t30?,31?,32?,33?,34-,35+/m0/s1. The summed E-state index contributed by atoms with van der Waals surface area (Å²) in [7, 11) is 2.27. The zero-order valence-corrected chi connectivity index (χ0v) is 25.3. The summed E-state index contributed by atoms with van der Waals surface area (Å²) in [6.45, 7) is 9.63. The van der Waals surface area contributed by atoms with E-state index in [4.69, 9.17) is 4.74 Å². The monoisotopic (exact) mass is 535 g/mol. The molecule has 0 radical (unpaired) electrons. The van der Waals surface area contributed by atoms with Gasteiger partial charge >= 0.3 is 0 Å². The Morgan fingerprint density at radius 1 is 1.05 bits per heavy atom. The van der Waals surface area contributed by atoms with Crippen molar-refractivity contribution in [2.75, 3.05) is 13.7 Å². The van der Waals surface area contributed by atoms with E-state index in [-0.39, 0.29) is 5.41 Å². The van der Waals surface area contributed by atoms with Crippen LogP contribution in [0.1, 0.15) is 123 Å². The second kappa shape index (κ2) is 11.7. The summed E-state index contributed by atoms with van der Waals surface area (Å²) in [4.78, 5) is 14.7. The minimum Gasteiger partial charge on any atom is -0.494 e. The number of aliphatic hydroxyl groups is 1. The molecule has 4 aliphatic carbocycles. The molecule has 4 nitrogen and oxygen atoms in total. The number of fused-ring (bicyclic) bond motifs is 4. The summed E-state index contributed by atoms with van der Waals surface area (Å²) in [6, 6.07) is 9.75. The lowest BCUT2D eigenvalue weighted by molar-refractivity contribution is -0.121. The van der Waals surface area contributed by atoms with Gasteiger partial charge in [-0.2, -0.15) is 0 Å². The minimum absolute atomic E-state index is 0.0596. The summed E-state index contributed by atoms with van der Waals surface area (Å²) in [5, 5.41) is 11.8. The van der Waals surface area contributed by atoms with Crippen LogP contribution in [0.3, 0.4) is 0 Å². The molecule has 2 saturated carbocycles. The van der Waals surface area contributed by atoms with Crippen molar-refractivity contribution in [3.05, 3.63) is 41.0 Å². The molecule has 0 aliphatic heterocycles. The molecule has 0 amide bonds. The van der Waals surface area contributed by atoms with Crippen LogP contribution in [-0.4, -0.2) is 41.1 Å². The summed E-state index contributed by atoms with van der Waals surface area (Å²) in [5.74, 6) is 3.27. The van der Waals surface area contributed by atoms with E-state index in [0.29, 0.717) is 48.6 Å². The highest BCUT2D eigenvalue weighted by Gasteiger charge is 2.62. The Morgan fingerprint density at radius 3 is 2.59 bits per heavy atom. The lowest BCUT2D eigenvalue weighted by atomic mass is 9.51. The van der Waals surface area contributed by atoms with Crippen LogP contribution in [0.4, 0.5) is 0 Å². The highest BCUT2D eigenvalue weighted by Crippen LogP contribution is 2.65. The highest BCUT2D eigenvalue weighted by atomic mass is 16.5. The smallest absolute Gasteiger partial charge is 0.137 e. The molecule has 4 aliphatic rings. The molecular weight excluding hydrogens is 482 g/mol. The van der Waals surface area contributed by atoms with E-state index in [1.807, 2.05) is 0 Å². The van der Waals surface area contributed by atoms with E-state index in [2.05, 4.69) is 63.9 Å². The Balaban J connectivity index is 1.29. The molecule has 4 unspecified atom stereocenters. The molecule has 1 aromatic rings. The first kappa shape index (κ1) is 28.9. The Hall–Kier alpha value is -1.65. The van der Waals surface area contributed by atoms with Gasteiger partial charge in [0.25, 0.3) is 0 Å². The molecule has 6 atom stereocenters. The molecule has 0 aromatic heterocycles. The van der Waals surface area contributed by atoms with Crippen molar-refractivity contribution >= 4 is 5.78 Å². The van der Waals surface area contributed by atoms with Gasteiger partial charge in [-0.05, 0) is 120 Å². The maximum Gasteiger partial charge on any atom is 0.137 e. The van der Waals surface area contributed by atoms with Gasteiger partial charge in [0.1, 0.15) is 11.5 Å². The van der Waals surface area contributed by atoms with Crippen molar-refractivity contribution in [1.82, 2.24) is 4.90 Å². The molecule has 4 heteroatoms. The van der Waals surface area contributed by atoms with Crippen molar-refractivity contribution in [2.45, 2.75) is 129 Å². The van der Waals surface area contributed by atoms with Gasteiger partial charge in [0.2, 0.25) is 0 Å². The second-order valence-corrected chi connectivity index (χ2v) is 13.5. The van der Waals surface area contributed by atoms with E-state index < -0.39 is 5.60 Å². The minimum atomic E-state index is -0.629. The van der Waals surface area contributed by atoms with Gasteiger partial charge in [-0.15, -0.1) is 0 Å². The molecule has 1 N–H and O–H groups in total. The lowest BCUT2D eigenvalue weighted by Crippen LogP contribution is -2.52. The molecule has 1 aromatic carbocycles. The molecule has 216 valence electrons. The number of hydrogen-bond donors (Lipinski definition) is 1. The van der Waals surface area contributed by atoms with Crippen LogP contribution in [0.2, 0.25) is 0 Å². The van der Waals surface area contributed by atoms with Crippen molar-refractivity contribution in [1.29, 1.82) is 0 Å². The highest BCUT2D eigenvalue weighted by molar-refractivity contribution is 5.82. The topological polar surface area (TPSA) is 49.8 Å². The molecule has 5 rings (SSSR count). The van der Waals surface area contributed by atoms with E-state index in [1.54, 1.807) is 5.57 Å². The fraction of sp³-hybridized carbons (Fsp3) is 0.743.